The molecule has 60 valence electrons. The maximum absolute atomic E-state index is 7.54. The number of aromatic nitrogens is 3. The van der Waals surface area contributed by atoms with Gasteiger partial charge in [0.05, 0.1) is 20.8 Å². The van der Waals surface area contributed by atoms with Crippen LogP contribution < -0.4 is 0 Å². The molecule has 3 nitrogen and oxygen atoms in total. The van der Waals surface area contributed by atoms with Crippen LogP contribution in [0.3, 0.4) is 0 Å². The molecule has 1 aromatic carbocycles. The van der Waals surface area contributed by atoms with E-state index in [2.05, 4.69) is 26.2 Å². The average Bonchev–Trinajstić information content (AvgIpc) is 2.49. The third-order valence-corrected chi connectivity index (χ3v) is 2.09. The van der Waals surface area contributed by atoms with Crippen LogP contribution in [0.4, 0.5) is 0 Å². The van der Waals surface area contributed by atoms with Crippen molar-refractivity contribution in [3.63, 3.8) is 0 Å². The fourth-order valence-corrected chi connectivity index (χ4v) is 1.34. The summed E-state index contributed by atoms with van der Waals surface area (Å²) in [4.78, 5) is 0. The Morgan fingerprint density at radius 1 is 1.42 bits per heavy atom. The van der Waals surface area contributed by atoms with E-state index in [0.717, 1.165) is 4.47 Å². The summed E-state index contributed by atoms with van der Waals surface area (Å²) in [6, 6.07) is 7.36. The third-order valence-electron chi connectivity index (χ3n) is 1.42. The number of rotatable bonds is 1. The van der Waals surface area contributed by atoms with Gasteiger partial charge in [0.1, 0.15) is 0 Å². The minimum absolute atomic E-state index is 0.0168. The fraction of sp³-hybridized carbons (Fsp3) is 0. The molecule has 0 bridgehead atoms. The zero-order valence-electron chi connectivity index (χ0n) is 8.03. The molecular weight excluding hydrogens is 218 g/mol. The van der Waals surface area contributed by atoms with Gasteiger partial charge in [-0.3, -0.25) is 0 Å². The van der Waals surface area contributed by atoms with Crippen molar-refractivity contribution in [2.75, 3.05) is 0 Å². The van der Waals surface area contributed by atoms with Crippen molar-refractivity contribution in [2.24, 2.45) is 0 Å². The Hall–Kier alpha value is -1.16. The van der Waals surface area contributed by atoms with Gasteiger partial charge in [-0.15, -0.1) is 5.10 Å². The van der Waals surface area contributed by atoms with E-state index >= 15 is 0 Å². The fourth-order valence-electron chi connectivity index (χ4n) is 0.891. The molecule has 0 radical (unpaired) electrons. The molecule has 0 aliphatic heterocycles. The van der Waals surface area contributed by atoms with E-state index in [-0.39, 0.29) is 12.3 Å². The first kappa shape index (κ1) is 5.48. The van der Waals surface area contributed by atoms with Gasteiger partial charge in [0.2, 0.25) is 0 Å². The van der Waals surface area contributed by atoms with E-state index in [9.17, 15) is 0 Å². The SMILES string of the molecule is [2H]c1nnn(-c2ccccc2Br)c1[2H]. The summed E-state index contributed by atoms with van der Waals surface area (Å²) in [6.07, 6.45) is -0.141. The molecule has 0 amide bonds. The Kier molecular flexibility index (Phi) is 1.40. The van der Waals surface area contributed by atoms with Gasteiger partial charge in [-0.2, -0.15) is 0 Å². The minimum atomic E-state index is -0.124. The van der Waals surface area contributed by atoms with E-state index in [1.165, 1.54) is 4.68 Å². The van der Waals surface area contributed by atoms with E-state index < -0.39 is 0 Å². The molecule has 1 heterocycles. The average molecular weight is 226 g/mol. The van der Waals surface area contributed by atoms with Gasteiger partial charge in [-0.25, -0.2) is 4.68 Å². The Labute approximate surface area is 81.0 Å². The second-order valence-electron chi connectivity index (χ2n) is 2.18. The highest BCUT2D eigenvalue weighted by atomic mass is 79.9. The number of nitrogens with zero attached hydrogens (tertiary/aromatic N) is 3. The first-order valence-electron chi connectivity index (χ1n) is 4.34. The summed E-state index contributed by atoms with van der Waals surface area (Å²) in [7, 11) is 0. The second-order valence-corrected chi connectivity index (χ2v) is 3.03. The van der Waals surface area contributed by atoms with Gasteiger partial charge in [-0.05, 0) is 28.1 Å². The normalized spacial score (nSPS) is 12.4. The molecule has 0 saturated carbocycles. The van der Waals surface area contributed by atoms with Gasteiger partial charge < -0.3 is 0 Å². The number of para-hydroxylation sites is 1. The summed E-state index contributed by atoms with van der Waals surface area (Å²) >= 11 is 3.34. The van der Waals surface area contributed by atoms with Gasteiger partial charge in [0.15, 0.2) is 0 Å². The molecule has 0 fully saturated rings. The van der Waals surface area contributed by atoms with Crippen LogP contribution >= 0.6 is 15.9 Å². The van der Waals surface area contributed by atoms with Gasteiger partial charge in [0.25, 0.3) is 0 Å². The summed E-state index contributed by atoms with van der Waals surface area (Å²) in [5.41, 5.74) is 0.712. The van der Waals surface area contributed by atoms with Gasteiger partial charge in [-0.1, -0.05) is 17.3 Å². The van der Waals surface area contributed by atoms with Crippen molar-refractivity contribution in [1.29, 1.82) is 0 Å². The van der Waals surface area contributed by atoms with Crippen LogP contribution in [-0.2, 0) is 0 Å². The standard InChI is InChI=1S/C8H6BrN3/c9-7-3-1-2-4-8(7)12-6-5-10-11-12/h1-6H/i5D,6D. The molecule has 1 aromatic heterocycles. The lowest BCUT2D eigenvalue weighted by molar-refractivity contribution is 0.800. The molecule has 12 heavy (non-hydrogen) atoms. The van der Waals surface area contributed by atoms with Crippen molar-refractivity contribution in [1.82, 2.24) is 15.0 Å². The number of hydrogen-bond acceptors (Lipinski definition) is 2. The molecule has 0 aliphatic carbocycles. The summed E-state index contributed by atoms with van der Waals surface area (Å²) < 4.78 is 16.9. The zero-order valence-corrected chi connectivity index (χ0v) is 7.62. The van der Waals surface area contributed by atoms with Crippen LogP contribution in [0.2, 0.25) is 0 Å². The van der Waals surface area contributed by atoms with Crippen LogP contribution in [0.1, 0.15) is 2.74 Å². The monoisotopic (exact) mass is 225 g/mol. The summed E-state index contributed by atoms with van der Waals surface area (Å²) in [5, 5.41) is 7.21. The number of halogens is 1. The van der Waals surface area contributed by atoms with Crippen molar-refractivity contribution in [3.8, 4) is 5.69 Å². The van der Waals surface area contributed by atoms with Crippen molar-refractivity contribution >= 4 is 15.9 Å². The van der Waals surface area contributed by atoms with E-state index in [0.29, 0.717) is 5.69 Å². The highest BCUT2D eigenvalue weighted by Gasteiger charge is 1.99. The zero-order chi connectivity index (χ0) is 10.1. The van der Waals surface area contributed by atoms with E-state index in [1.807, 2.05) is 18.2 Å². The summed E-state index contributed by atoms with van der Waals surface area (Å²) in [6.45, 7) is 0. The lowest BCUT2D eigenvalue weighted by Crippen LogP contribution is -1.95. The first-order chi connectivity index (χ1) is 6.70. The predicted octanol–water partition coefficient (Wildman–Crippen LogP) is 2.03. The second kappa shape index (κ2) is 3.06. The quantitative estimate of drug-likeness (QED) is 0.744. The molecular formula is C8H6BrN3. The van der Waals surface area contributed by atoms with Crippen LogP contribution in [0, 0.1) is 0 Å². The molecule has 2 rings (SSSR count). The van der Waals surface area contributed by atoms with Crippen LogP contribution in [0.15, 0.2) is 41.1 Å². The van der Waals surface area contributed by atoms with Gasteiger partial charge in [0, 0.05) is 4.47 Å². The van der Waals surface area contributed by atoms with Gasteiger partial charge >= 0.3 is 0 Å². The molecule has 0 unspecified atom stereocenters. The van der Waals surface area contributed by atoms with E-state index in [4.69, 9.17) is 2.74 Å². The minimum Gasteiger partial charge on any atom is -0.220 e. The Morgan fingerprint density at radius 3 is 2.92 bits per heavy atom. The number of benzene rings is 1. The predicted molar refractivity (Wildman–Crippen MR) is 49.1 cm³/mol. The van der Waals surface area contributed by atoms with E-state index in [1.54, 1.807) is 6.07 Å². The maximum Gasteiger partial charge on any atom is 0.0877 e. The molecule has 0 spiro atoms. The van der Waals surface area contributed by atoms with Crippen molar-refractivity contribution < 1.29 is 2.74 Å². The smallest absolute Gasteiger partial charge is 0.0877 e. The molecule has 0 saturated heterocycles. The molecule has 4 heteroatoms. The lowest BCUT2D eigenvalue weighted by Gasteiger charge is -2.01. The molecule has 0 aliphatic rings. The van der Waals surface area contributed by atoms with Crippen LogP contribution in [0.5, 0.6) is 0 Å². The largest absolute Gasteiger partial charge is 0.220 e. The highest BCUT2D eigenvalue weighted by molar-refractivity contribution is 9.10. The Bertz CT molecular complexity index is 469. The molecule has 0 N–H and O–H groups in total. The van der Waals surface area contributed by atoms with Crippen LogP contribution in [0.25, 0.3) is 5.69 Å². The summed E-state index contributed by atoms with van der Waals surface area (Å²) in [5.74, 6) is 0. The first-order valence-corrected chi connectivity index (χ1v) is 4.13. The third kappa shape index (κ3) is 1.25. The topological polar surface area (TPSA) is 30.7 Å². The lowest BCUT2D eigenvalue weighted by atomic mass is 10.3. The highest BCUT2D eigenvalue weighted by Crippen LogP contribution is 2.18. The molecule has 2 aromatic rings. The maximum atomic E-state index is 7.54. The van der Waals surface area contributed by atoms with Crippen molar-refractivity contribution in [3.05, 3.63) is 41.1 Å². The molecule has 0 atom stereocenters. The number of hydrogen-bond donors (Lipinski definition) is 0. The Morgan fingerprint density at radius 2 is 2.25 bits per heavy atom. The Balaban J connectivity index is 2.60. The van der Waals surface area contributed by atoms with Crippen LogP contribution in [-0.4, -0.2) is 15.0 Å². The van der Waals surface area contributed by atoms with Crippen molar-refractivity contribution in [2.45, 2.75) is 0 Å².